The van der Waals surface area contributed by atoms with Crippen LogP contribution in [-0.4, -0.2) is 33.0 Å². The summed E-state index contributed by atoms with van der Waals surface area (Å²) in [5.41, 5.74) is 2.38. The van der Waals surface area contributed by atoms with Crippen molar-refractivity contribution in [2.24, 2.45) is 5.10 Å². The number of carbonyl (C=O) groups is 2. The Morgan fingerprint density at radius 3 is 2.62 bits per heavy atom. The van der Waals surface area contributed by atoms with E-state index in [1.54, 1.807) is 40.6 Å². The van der Waals surface area contributed by atoms with Gasteiger partial charge in [0.15, 0.2) is 5.17 Å². The third-order valence-electron chi connectivity index (χ3n) is 5.60. The van der Waals surface area contributed by atoms with Crippen molar-refractivity contribution in [1.29, 1.82) is 5.41 Å². The van der Waals surface area contributed by atoms with Crippen LogP contribution in [0.15, 0.2) is 75.6 Å². The maximum absolute atomic E-state index is 13.1. The highest BCUT2D eigenvalue weighted by Crippen LogP contribution is 2.38. The molecule has 1 N–H and O–H groups in total. The SMILES string of the molecule is N=C(S[C@H]1CC(=O)N(c2cccc(Cl)c2)C1=O)N1N=C(c2cccs2)C[C@H]1c1ccc(Br)cc1. The third-order valence-corrected chi connectivity index (χ3v) is 8.35. The van der Waals surface area contributed by atoms with Crippen LogP contribution in [0.2, 0.25) is 5.02 Å². The quantitative estimate of drug-likeness (QED) is 0.225. The first-order chi connectivity index (χ1) is 16.4. The molecule has 0 spiro atoms. The molecule has 2 aliphatic heterocycles. The van der Waals surface area contributed by atoms with Crippen LogP contribution in [0.3, 0.4) is 0 Å². The minimum atomic E-state index is -0.689. The minimum absolute atomic E-state index is 0.0245. The second-order valence-electron chi connectivity index (χ2n) is 7.80. The van der Waals surface area contributed by atoms with E-state index in [1.165, 1.54) is 0 Å². The standard InChI is InChI=1S/C24H18BrClN4O2S2/c25-15-8-6-14(7-9-15)19-12-18(20-5-2-10-33-20)28-30(19)24(27)34-21-13-22(31)29(23(21)32)17-4-1-3-16(26)11-17/h1-11,19,21,27H,12-13H2/t19-,21-/m0/s1. The minimum Gasteiger partial charge on any atom is -0.277 e. The van der Waals surface area contributed by atoms with Crippen LogP contribution in [0.25, 0.3) is 0 Å². The van der Waals surface area contributed by atoms with E-state index >= 15 is 0 Å². The fraction of sp³-hybridized carbons (Fsp3) is 0.167. The molecule has 3 heterocycles. The van der Waals surface area contributed by atoms with E-state index < -0.39 is 5.25 Å². The summed E-state index contributed by atoms with van der Waals surface area (Å²) in [6.45, 7) is 0. The molecule has 0 aliphatic carbocycles. The van der Waals surface area contributed by atoms with E-state index in [4.69, 9.17) is 22.1 Å². The maximum Gasteiger partial charge on any atom is 0.247 e. The lowest BCUT2D eigenvalue weighted by molar-refractivity contribution is -0.121. The van der Waals surface area contributed by atoms with Gasteiger partial charge in [0.1, 0.15) is 5.25 Å². The molecule has 34 heavy (non-hydrogen) atoms. The number of rotatable bonds is 4. The van der Waals surface area contributed by atoms with Crippen LogP contribution in [0.5, 0.6) is 0 Å². The summed E-state index contributed by atoms with van der Waals surface area (Å²) in [7, 11) is 0. The van der Waals surface area contributed by atoms with Gasteiger partial charge in [0.25, 0.3) is 0 Å². The average Bonchev–Trinajstić information content (AvgIpc) is 3.54. The lowest BCUT2D eigenvalue weighted by Crippen LogP contribution is -2.32. The van der Waals surface area contributed by atoms with Gasteiger partial charge in [0, 0.05) is 22.3 Å². The molecule has 2 aliphatic rings. The van der Waals surface area contributed by atoms with E-state index in [-0.39, 0.29) is 29.4 Å². The van der Waals surface area contributed by atoms with Crippen LogP contribution in [0, 0.1) is 5.41 Å². The number of amides is 2. The van der Waals surface area contributed by atoms with Crippen LogP contribution in [0.1, 0.15) is 29.3 Å². The van der Waals surface area contributed by atoms with Crippen molar-refractivity contribution in [1.82, 2.24) is 5.01 Å². The van der Waals surface area contributed by atoms with Gasteiger partial charge >= 0.3 is 0 Å². The summed E-state index contributed by atoms with van der Waals surface area (Å²) in [6, 6.07) is 18.5. The Bertz CT molecular complexity index is 1300. The number of benzene rings is 2. The Balaban J connectivity index is 1.38. The van der Waals surface area contributed by atoms with Crippen molar-refractivity contribution >= 4 is 79.0 Å². The molecule has 1 aromatic heterocycles. The van der Waals surface area contributed by atoms with Crippen molar-refractivity contribution in [2.75, 3.05) is 4.90 Å². The molecule has 3 aromatic rings. The Hall–Kier alpha value is -2.46. The molecule has 0 bridgehead atoms. The van der Waals surface area contributed by atoms with Gasteiger partial charge in [-0.25, -0.2) is 9.91 Å². The van der Waals surface area contributed by atoms with Gasteiger partial charge in [0.05, 0.1) is 22.3 Å². The largest absolute Gasteiger partial charge is 0.277 e. The molecule has 5 rings (SSSR count). The summed E-state index contributed by atoms with van der Waals surface area (Å²) in [6.07, 6.45) is 0.675. The van der Waals surface area contributed by atoms with Crippen LogP contribution < -0.4 is 4.90 Å². The molecule has 1 saturated heterocycles. The molecule has 10 heteroatoms. The molecule has 0 saturated carbocycles. The summed E-state index contributed by atoms with van der Waals surface area (Å²) >= 11 is 12.2. The van der Waals surface area contributed by atoms with Gasteiger partial charge in [-0.2, -0.15) is 5.10 Å². The Labute approximate surface area is 218 Å². The van der Waals surface area contributed by atoms with E-state index in [1.807, 2.05) is 41.8 Å². The van der Waals surface area contributed by atoms with E-state index in [0.717, 1.165) is 37.3 Å². The lowest BCUT2D eigenvalue weighted by atomic mass is 10.0. The number of halogens is 2. The van der Waals surface area contributed by atoms with E-state index in [0.29, 0.717) is 17.1 Å². The zero-order chi connectivity index (χ0) is 23.8. The molecule has 0 radical (unpaired) electrons. The van der Waals surface area contributed by atoms with Crippen molar-refractivity contribution in [2.45, 2.75) is 24.1 Å². The molecule has 2 aromatic carbocycles. The highest BCUT2D eigenvalue weighted by Gasteiger charge is 2.42. The number of thioether (sulfide) groups is 1. The monoisotopic (exact) mass is 572 g/mol. The topological polar surface area (TPSA) is 76.8 Å². The van der Waals surface area contributed by atoms with Crippen molar-refractivity contribution in [3.8, 4) is 0 Å². The number of amidine groups is 1. The molecule has 2 amide bonds. The maximum atomic E-state index is 13.1. The first-order valence-electron chi connectivity index (χ1n) is 10.4. The van der Waals surface area contributed by atoms with Crippen molar-refractivity contribution in [3.05, 3.63) is 86.0 Å². The highest BCUT2D eigenvalue weighted by atomic mass is 79.9. The van der Waals surface area contributed by atoms with Crippen LogP contribution in [-0.2, 0) is 9.59 Å². The number of hydrogen-bond acceptors (Lipinski definition) is 6. The Morgan fingerprint density at radius 2 is 1.91 bits per heavy atom. The first kappa shape index (κ1) is 23.3. The molecular formula is C24H18BrClN4O2S2. The summed E-state index contributed by atoms with van der Waals surface area (Å²) in [4.78, 5) is 28.0. The van der Waals surface area contributed by atoms with Gasteiger partial charge in [0.2, 0.25) is 11.8 Å². The number of nitrogens with one attached hydrogen (secondary N) is 1. The number of hydrogen-bond donors (Lipinski definition) is 1. The van der Waals surface area contributed by atoms with Crippen LogP contribution >= 0.6 is 50.6 Å². The third kappa shape index (κ3) is 4.57. The molecule has 172 valence electrons. The second-order valence-corrected chi connectivity index (χ2v) is 11.3. The number of imide groups is 1. The predicted molar refractivity (Wildman–Crippen MR) is 142 cm³/mol. The van der Waals surface area contributed by atoms with Gasteiger partial charge in [-0.3, -0.25) is 15.0 Å². The predicted octanol–water partition coefficient (Wildman–Crippen LogP) is 6.32. The number of hydrazone groups is 1. The number of nitrogens with zero attached hydrogens (tertiary/aromatic N) is 3. The first-order valence-corrected chi connectivity index (χ1v) is 13.4. The van der Waals surface area contributed by atoms with E-state index in [2.05, 4.69) is 15.9 Å². The fourth-order valence-corrected chi connectivity index (χ4v) is 6.15. The highest BCUT2D eigenvalue weighted by molar-refractivity contribution is 9.10. The van der Waals surface area contributed by atoms with Crippen LogP contribution in [0.4, 0.5) is 5.69 Å². The summed E-state index contributed by atoms with van der Waals surface area (Å²) in [5, 5.41) is 17.2. The Morgan fingerprint density at radius 1 is 1.12 bits per heavy atom. The number of carbonyl (C=O) groups excluding carboxylic acids is 2. The molecule has 0 unspecified atom stereocenters. The number of thiophene rings is 1. The second kappa shape index (κ2) is 9.65. The van der Waals surface area contributed by atoms with Crippen molar-refractivity contribution < 1.29 is 9.59 Å². The van der Waals surface area contributed by atoms with Gasteiger partial charge in [-0.15, -0.1) is 11.3 Å². The number of anilines is 1. The Kier molecular flexibility index (Phi) is 6.61. The smallest absolute Gasteiger partial charge is 0.247 e. The van der Waals surface area contributed by atoms with E-state index in [9.17, 15) is 9.59 Å². The average molecular weight is 574 g/mol. The summed E-state index contributed by atoms with van der Waals surface area (Å²) in [5.74, 6) is -0.643. The zero-order valence-corrected chi connectivity index (χ0v) is 21.6. The van der Waals surface area contributed by atoms with Gasteiger partial charge < -0.3 is 0 Å². The molecular weight excluding hydrogens is 556 g/mol. The van der Waals surface area contributed by atoms with Gasteiger partial charge in [-0.05, 0) is 47.3 Å². The molecule has 2 atom stereocenters. The molecule has 1 fully saturated rings. The van der Waals surface area contributed by atoms with Crippen molar-refractivity contribution in [3.63, 3.8) is 0 Å². The summed E-state index contributed by atoms with van der Waals surface area (Å²) < 4.78 is 0.973. The normalized spacial score (nSPS) is 20.2. The fourth-order valence-electron chi connectivity index (χ4n) is 4.01. The zero-order valence-electron chi connectivity index (χ0n) is 17.7. The van der Waals surface area contributed by atoms with Gasteiger partial charge in [-0.1, -0.05) is 63.6 Å². The lowest BCUT2D eigenvalue weighted by Gasteiger charge is -2.24. The molecule has 6 nitrogen and oxygen atoms in total.